The second-order valence-electron chi connectivity index (χ2n) is 5.11. The topological polar surface area (TPSA) is 24.5 Å². The lowest BCUT2D eigenvalue weighted by Gasteiger charge is -2.14. The molecule has 20 heavy (non-hydrogen) atoms. The average molecular weight is 270 g/mol. The molecule has 0 saturated carbocycles. The van der Waals surface area contributed by atoms with E-state index < -0.39 is 0 Å². The lowest BCUT2D eigenvalue weighted by Crippen LogP contribution is -2.08. The van der Waals surface area contributed by atoms with E-state index >= 15 is 0 Å². The molecule has 3 heteroatoms. The van der Waals surface area contributed by atoms with Crippen LogP contribution in [0.1, 0.15) is 11.1 Å². The summed E-state index contributed by atoms with van der Waals surface area (Å²) in [6, 6.07) is 14.3. The lowest BCUT2D eigenvalue weighted by atomic mass is 10.1. The summed E-state index contributed by atoms with van der Waals surface area (Å²) in [6.07, 6.45) is 0. The highest BCUT2D eigenvalue weighted by atomic mass is 16.5. The first kappa shape index (κ1) is 14.4. The van der Waals surface area contributed by atoms with E-state index in [2.05, 4.69) is 35.3 Å². The van der Waals surface area contributed by atoms with Crippen molar-refractivity contribution in [2.24, 2.45) is 0 Å². The summed E-state index contributed by atoms with van der Waals surface area (Å²) in [5.74, 6) is 1.73. The van der Waals surface area contributed by atoms with Gasteiger partial charge in [-0.05, 0) is 49.4 Å². The Morgan fingerprint density at radius 2 is 1.80 bits per heavy atom. The fourth-order valence-corrected chi connectivity index (χ4v) is 2.08. The summed E-state index contributed by atoms with van der Waals surface area (Å²) in [5, 5.41) is 3.17. The highest BCUT2D eigenvalue weighted by molar-refractivity contribution is 5.50. The molecule has 0 aliphatic carbocycles. The maximum absolute atomic E-state index is 5.94. The molecule has 2 rings (SSSR count). The third-order valence-electron chi connectivity index (χ3n) is 3.25. The van der Waals surface area contributed by atoms with Crippen molar-refractivity contribution in [2.75, 3.05) is 26.0 Å². The minimum atomic E-state index is 0.858. The Hall–Kier alpha value is -2.00. The average Bonchev–Trinajstić information content (AvgIpc) is 2.42. The standard InChI is InChI=1S/C17H22N2O/c1-13-10-17(9-8-14(13)12-18-2)20-16-7-5-6-15(11-16)19(3)4/h5-11,18H,12H2,1-4H3. The number of hydrogen-bond acceptors (Lipinski definition) is 3. The third-order valence-corrected chi connectivity index (χ3v) is 3.25. The van der Waals surface area contributed by atoms with Gasteiger partial charge in [0.15, 0.2) is 0 Å². The van der Waals surface area contributed by atoms with Crippen LogP contribution in [0.4, 0.5) is 5.69 Å². The van der Waals surface area contributed by atoms with Crippen LogP contribution in [-0.4, -0.2) is 21.1 Å². The maximum Gasteiger partial charge on any atom is 0.129 e. The van der Waals surface area contributed by atoms with Crippen molar-refractivity contribution in [2.45, 2.75) is 13.5 Å². The van der Waals surface area contributed by atoms with Gasteiger partial charge < -0.3 is 15.0 Å². The van der Waals surface area contributed by atoms with Gasteiger partial charge in [-0.2, -0.15) is 0 Å². The molecule has 0 unspecified atom stereocenters. The Morgan fingerprint density at radius 1 is 1.05 bits per heavy atom. The van der Waals surface area contributed by atoms with E-state index in [0.29, 0.717) is 0 Å². The summed E-state index contributed by atoms with van der Waals surface area (Å²) in [5.41, 5.74) is 3.66. The predicted molar refractivity (Wildman–Crippen MR) is 84.8 cm³/mol. The van der Waals surface area contributed by atoms with Gasteiger partial charge in [-0.3, -0.25) is 0 Å². The monoisotopic (exact) mass is 270 g/mol. The van der Waals surface area contributed by atoms with Gasteiger partial charge >= 0.3 is 0 Å². The van der Waals surface area contributed by atoms with Crippen molar-refractivity contribution in [3.63, 3.8) is 0 Å². The molecule has 0 spiro atoms. The molecule has 2 aromatic carbocycles. The van der Waals surface area contributed by atoms with Gasteiger partial charge in [0.2, 0.25) is 0 Å². The molecule has 0 aliphatic heterocycles. The van der Waals surface area contributed by atoms with Crippen molar-refractivity contribution in [1.29, 1.82) is 0 Å². The van der Waals surface area contributed by atoms with E-state index in [1.54, 1.807) is 0 Å². The van der Waals surface area contributed by atoms with Crippen molar-refractivity contribution in [3.8, 4) is 11.5 Å². The zero-order valence-electron chi connectivity index (χ0n) is 12.6. The lowest BCUT2D eigenvalue weighted by molar-refractivity contribution is 0.482. The molecule has 3 nitrogen and oxygen atoms in total. The summed E-state index contributed by atoms with van der Waals surface area (Å²) in [6.45, 7) is 2.98. The molecule has 0 bridgehead atoms. The number of rotatable bonds is 5. The molecule has 1 N–H and O–H groups in total. The van der Waals surface area contributed by atoms with Gasteiger partial charge in [-0.1, -0.05) is 12.1 Å². The normalized spacial score (nSPS) is 10.4. The van der Waals surface area contributed by atoms with Crippen molar-refractivity contribution in [3.05, 3.63) is 53.6 Å². The Kier molecular flexibility index (Phi) is 4.64. The number of hydrogen-bond donors (Lipinski definition) is 1. The van der Waals surface area contributed by atoms with E-state index in [4.69, 9.17) is 4.74 Å². The molecule has 0 heterocycles. The van der Waals surface area contributed by atoms with Crippen LogP contribution >= 0.6 is 0 Å². The van der Waals surface area contributed by atoms with Gasteiger partial charge in [-0.15, -0.1) is 0 Å². The van der Waals surface area contributed by atoms with Crippen molar-refractivity contribution < 1.29 is 4.74 Å². The number of benzene rings is 2. The first-order valence-electron chi connectivity index (χ1n) is 6.79. The van der Waals surface area contributed by atoms with Gasteiger partial charge in [0, 0.05) is 32.4 Å². The van der Waals surface area contributed by atoms with Gasteiger partial charge in [0.1, 0.15) is 11.5 Å². The minimum Gasteiger partial charge on any atom is -0.457 e. The van der Waals surface area contributed by atoms with E-state index in [9.17, 15) is 0 Å². The molecule has 0 saturated heterocycles. The minimum absolute atomic E-state index is 0.858. The number of nitrogens with one attached hydrogen (secondary N) is 1. The Balaban J connectivity index is 2.17. The SMILES string of the molecule is CNCc1ccc(Oc2cccc(N(C)C)c2)cc1C. The van der Waals surface area contributed by atoms with Crippen LogP contribution in [0.5, 0.6) is 11.5 Å². The zero-order chi connectivity index (χ0) is 14.5. The van der Waals surface area contributed by atoms with E-state index in [0.717, 1.165) is 23.7 Å². The van der Waals surface area contributed by atoms with Crippen molar-refractivity contribution in [1.82, 2.24) is 5.32 Å². The zero-order valence-corrected chi connectivity index (χ0v) is 12.6. The molecular weight excluding hydrogens is 248 g/mol. The fraction of sp³-hybridized carbons (Fsp3) is 0.294. The van der Waals surface area contributed by atoms with Crippen LogP contribution in [-0.2, 0) is 6.54 Å². The van der Waals surface area contributed by atoms with Gasteiger partial charge in [-0.25, -0.2) is 0 Å². The van der Waals surface area contributed by atoms with E-state index in [1.165, 1.54) is 11.1 Å². The summed E-state index contributed by atoms with van der Waals surface area (Å²) in [4.78, 5) is 2.06. The van der Waals surface area contributed by atoms with Crippen LogP contribution in [0.15, 0.2) is 42.5 Å². The highest BCUT2D eigenvalue weighted by Crippen LogP contribution is 2.26. The third kappa shape index (κ3) is 3.52. The highest BCUT2D eigenvalue weighted by Gasteiger charge is 2.03. The van der Waals surface area contributed by atoms with Crippen LogP contribution in [0, 0.1) is 6.92 Å². The molecule has 0 atom stereocenters. The molecular formula is C17H22N2O. The van der Waals surface area contributed by atoms with Crippen LogP contribution < -0.4 is 15.0 Å². The number of ether oxygens (including phenoxy) is 1. The van der Waals surface area contributed by atoms with Crippen LogP contribution in [0.2, 0.25) is 0 Å². The van der Waals surface area contributed by atoms with Crippen molar-refractivity contribution >= 4 is 5.69 Å². The van der Waals surface area contributed by atoms with Gasteiger partial charge in [0.25, 0.3) is 0 Å². The smallest absolute Gasteiger partial charge is 0.129 e. The van der Waals surface area contributed by atoms with Gasteiger partial charge in [0.05, 0.1) is 0 Å². The maximum atomic E-state index is 5.94. The summed E-state index contributed by atoms with van der Waals surface area (Å²) < 4.78 is 5.94. The Morgan fingerprint density at radius 3 is 2.45 bits per heavy atom. The quantitative estimate of drug-likeness (QED) is 0.899. The molecule has 0 aromatic heterocycles. The number of aryl methyl sites for hydroxylation is 1. The first-order valence-corrected chi connectivity index (χ1v) is 6.79. The summed E-state index contributed by atoms with van der Waals surface area (Å²) in [7, 11) is 6.00. The molecule has 0 amide bonds. The van der Waals surface area contributed by atoms with E-state index in [-0.39, 0.29) is 0 Å². The second-order valence-corrected chi connectivity index (χ2v) is 5.11. The largest absolute Gasteiger partial charge is 0.457 e. The molecule has 0 fully saturated rings. The Bertz CT molecular complexity index is 579. The van der Waals surface area contributed by atoms with Crippen LogP contribution in [0.25, 0.3) is 0 Å². The summed E-state index contributed by atoms with van der Waals surface area (Å²) >= 11 is 0. The number of anilines is 1. The number of nitrogens with zero attached hydrogens (tertiary/aromatic N) is 1. The predicted octanol–water partition coefficient (Wildman–Crippen LogP) is 3.57. The molecule has 0 aliphatic rings. The van der Waals surface area contributed by atoms with Crippen LogP contribution in [0.3, 0.4) is 0 Å². The molecule has 106 valence electrons. The molecule has 2 aromatic rings. The second kappa shape index (κ2) is 6.44. The fourth-order valence-electron chi connectivity index (χ4n) is 2.08. The van der Waals surface area contributed by atoms with E-state index in [1.807, 2.05) is 45.4 Å². The molecule has 0 radical (unpaired) electrons. The first-order chi connectivity index (χ1) is 9.60. The Labute approximate surface area is 121 Å².